The van der Waals surface area contributed by atoms with E-state index in [4.69, 9.17) is 17.3 Å². The monoisotopic (exact) mass is 261 g/mol. The second-order valence-corrected chi connectivity index (χ2v) is 5.61. The molecule has 1 aliphatic rings. The summed E-state index contributed by atoms with van der Waals surface area (Å²) in [6.45, 7) is 3.37. The van der Waals surface area contributed by atoms with E-state index in [-0.39, 0.29) is 17.1 Å². The molecule has 1 fully saturated rings. The van der Waals surface area contributed by atoms with Crippen molar-refractivity contribution in [3.8, 4) is 0 Å². The molecule has 1 rings (SSSR count). The van der Waals surface area contributed by atoms with E-state index in [1.54, 1.807) is 11.8 Å². The van der Waals surface area contributed by atoms with Crippen LogP contribution in [0.15, 0.2) is 0 Å². The SMILES string of the molecule is CC(=O)C(=S)C(C)CC1NC(C(=O)O)CS1. The summed E-state index contributed by atoms with van der Waals surface area (Å²) < 4.78 is 0. The number of hydrogen-bond donors (Lipinski definition) is 2. The Kier molecular flexibility index (Phi) is 4.89. The molecule has 0 aliphatic carbocycles. The zero-order valence-corrected chi connectivity index (χ0v) is 10.9. The Morgan fingerprint density at radius 3 is 2.69 bits per heavy atom. The van der Waals surface area contributed by atoms with Crippen molar-refractivity contribution in [2.75, 3.05) is 5.75 Å². The third kappa shape index (κ3) is 3.54. The van der Waals surface area contributed by atoms with Crippen LogP contribution in [0.2, 0.25) is 0 Å². The molecule has 1 heterocycles. The van der Waals surface area contributed by atoms with Crippen molar-refractivity contribution in [1.82, 2.24) is 5.32 Å². The van der Waals surface area contributed by atoms with Crippen molar-refractivity contribution in [3.63, 3.8) is 0 Å². The number of aliphatic carboxylic acids is 1. The number of carboxylic acid groups (broad SMARTS) is 1. The van der Waals surface area contributed by atoms with Gasteiger partial charge in [-0.15, -0.1) is 11.8 Å². The van der Waals surface area contributed by atoms with Crippen molar-refractivity contribution in [2.45, 2.75) is 31.7 Å². The molecule has 3 unspecified atom stereocenters. The maximum Gasteiger partial charge on any atom is 0.321 e. The minimum Gasteiger partial charge on any atom is -0.480 e. The summed E-state index contributed by atoms with van der Waals surface area (Å²) >= 11 is 6.59. The average Bonchev–Trinajstić information content (AvgIpc) is 2.64. The second kappa shape index (κ2) is 5.75. The molecule has 0 bridgehead atoms. The van der Waals surface area contributed by atoms with Crippen molar-refractivity contribution in [3.05, 3.63) is 0 Å². The van der Waals surface area contributed by atoms with Crippen LogP contribution in [-0.4, -0.2) is 38.9 Å². The maximum atomic E-state index is 11.1. The lowest BCUT2D eigenvalue weighted by Crippen LogP contribution is -2.37. The fourth-order valence-electron chi connectivity index (χ4n) is 1.59. The summed E-state index contributed by atoms with van der Waals surface area (Å²) in [5.74, 6) is -0.304. The number of ketones is 1. The van der Waals surface area contributed by atoms with Gasteiger partial charge in [0, 0.05) is 5.75 Å². The molecule has 1 aliphatic heterocycles. The number of carbonyl (C=O) groups is 2. The molecule has 0 amide bonds. The molecule has 2 N–H and O–H groups in total. The Labute approximate surface area is 104 Å². The smallest absolute Gasteiger partial charge is 0.321 e. The van der Waals surface area contributed by atoms with Gasteiger partial charge in [-0.1, -0.05) is 19.1 Å². The van der Waals surface area contributed by atoms with Gasteiger partial charge in [0.25, 0.3) is 0 Å². The zero-order valence-electron chi connectivity index (χ0n) is 9.23. The Morgan fingerprint density at radius 2 is 2.25 bits per heavy atom. The third-order valence-electron chi connectivity index (χ3n) is 2.51. The standard InChI is InChI=1S/C10H15NO3S2/c1-5(9(15)6(2)12)3-8-11-7(4-16-8)10(13)14/h5,7-8,11H,3-4H2,1-2H3,(H,13,14). The summed E-state index contributed by atoms with van der Waals surface area (Å²) in [6, 6.07) is -0.479. The van der Waals surface area contributed by atoms with Crippen molar-refractivity contribution in [2.24, 2.45) is 5.92 Å². The Hall–Kier alpha value is -0.460. The first-order valence-corrected chi connectivity index (χ1v) is 6.52. The van der Waals surface area contributed by atoms with Crippen LogP contribution in [-0.2, 0) is 9.59 Å². The topological polar surface area (TPSA) is 66.4 Å². The Bertz CT molecular complexity index is 319. The fraction of sp³-hybridized carbons (Fsp3) is 0.700. The minimum atomic E-state index is -0.822. The molecule has 0 aromatic heterocycles. The van der Waals surface area contributed by atoms with Crippen LogP contribution >= 0.6 is 24.0 Å². The normalized spacial score (nSPS) is 26.4. The first-order valence-electron chi connectivity index (χ1n) is 5.07. The van der Waals surface area contributed by atoms with Crippen LogP contribution in [0.25, 0.3) is 0 Å². The maximum absolute atomic E-state index is 11.1. The van der Waals surface area contributed by atoms with Crippen LogP contribution in [0.1, 0.15) is 20.3 Å². The highest BCUT2D eigenvalue weighted by molar-refractivity contribution is 8.00. The Balaban J connectivity index is 2.42. The van der Waals surface area contributed by atoms with Crippen molar-refractivity contribution >= 4 is 40.6 Å². The molecular formula is C10H15NO3S2. The zero-order chi connectivity index (χ0) is 12.3. The quantitative estimate of drug-likeness (QED) is 0.722. The fourth-order valence-corrected chi connectivity index (χ4v) is 3.03. The highest BCUT2D eigenvalue weighted by Gasteiger charge is 2.31. The van der Waals surface area contributed by atoms with Gasteiger partial charge in [0.05, 0.1) is 10.2 Å². The Morgan fingerprint density at radius 1 is 1.62 bits per heavy atom. The van der Waals surface area contributed by atoms with Gasteiger partial charge in [-0.05, 0) is 19.3 Å². The van der Waals surface area contributed by atoms with E-state index >= 15 is 0 Å². The number of carbonyl (C=O) groups excluding carboxylic acids is 1. The van der Waals surface area contributed by atoms with Gasteiger partial charge in [-0.3, -0.25) is 14.9 Å². The number of Topliss-reactive ketones (excluding diaryl/α,β-unsaturated/α-hetero) is 1. The summed E-state index contributed by atoms with van der Waals surface area (Å²) in [4.78, 5) is 22.2. The largest absolute Gasteiger partial charge is 0.480 e. The predicted molar refractivity (Wildman–Crippen MR) is 67.9 cm³/mol. The van der Waals surface area contributed by atoms with Crippen LogP contribution in [0.4, 0.5) is 0 Å². The molecule has 1 saturated heterocycles. The molecule has 3 atom stereocenters. The molecule has 0 aromatic carbocycles. The molecule has 90 valence electrons. The van der Waals surface area contributed by atoms with Crippen LogP contribution in [0.3, 0.4) is 0 Å². The second-order valence-electron chi connectivity index (χ2n) is 3.94. The molecule has 0 spiro atoms. The first kappa shape index (κ1) is 13.6. The van der Waals surface area contributed by atoms with Crippen LogP contribution in [0, 0.1) is 5.92 Å². The van der Waals surface area contributed by atoms with Crippen LogP contribution < -0.4 is 5.32 Å². The number of thioether (sulfide) groups is 1. The highest BCUT2D eigenvalue weighted by atomic mass is 32.2. The number of thiocarbonyl (C=S) groups is 1. The summed E-state index contributed by atoms with van der Waals surface area (Å²) in [5.41, 5.74) is 0. The number of hydrogen-bond acceptors (Lipinski definition) is 5. The molecule has 16 heavy (non-hydrogen) atoms. The van der Waals surface area contributed by atoms with Crippen LogP contribution in [0.5, 0.6) is 0 Å². The lowest BCUT2D eigenvalue weighted by molar-refractivity contribution is -0.138. The molecule has 6 heteroatoms. The van der Waals surface area contributed by atoms with Gasteiger partial charge >= 0.3 is 5.97 Å². The first-order chi connectivity index (χ1) is 7.41. The van der Waals surface area contributed by atoms with Gasteiger partial charge < -0.3 is 5.11 Å². The van der Waals surface area contributed by atoms with Gasteiger partial charge in [0.15, 0.2) is 5.78 Å². The van der Waals surface area contributed by atoms with E-state index in [9.17, 15) is 9.59 Å². The molecule has 0 radical (unpaired) electrons. The lowest BCUT2D eigenvalue weighted by Gasteiger charge is -2.16. The van der Waals surface area contributed by atoms with Gasteiger partial charge in [-0.2, -0.15) is 0 Å². The van der Waals surface area contributed by atoms with E-state index in [0.717, 1.165) is 0 Å². The summed E-state index contributed by atoms with van der Waals surface area (Å²) in [5, 5.41) is 11.9. The van der Waals surface area contributed by atoms with E-state index in [2.05, 4.69) is 5.32 Å². The predicted octanol–water partition coefficient (Wildman–Crippen LogP) is 1.09. The average molecular weight is 261 g/mol. The number of rotatable bonds is 5. The minimum absolute atomic E-state index is 0.0186. The summed E-state index contributed by atoms with van der Waals surface area (Å²) in [6.07, 6.45) is 0.701. The number of carboxylic acids is 1. The van der Waals surface area contributed by atoms with Gasteiger partial charge in [0.2, 0.25) is 0 Å². The van der Waals surface area contributed by atoms with Crippen molar-refractivity contribution in [1.29, 1.82) is 0 Å². The van der Waals surface area contributed by atoms with Gasteiger partial charge in [-0.25, -0.2) is 0 Å². The molecule has 0 aromatic rings. The third-order valence-corrected chi connectivity index (χ3v) is 4.46. The molecule has 4 nitrogen and oxygen atoms in total. The van der Waals surface area contributed by atoms with E-state index < -0.39 is 12.0 Å². The van der Waals surface area contributed by atoms with Gasteiger partial charge in [0.1, 0.15) is 6.04 Å². The molecule has 0 saturated carbocycles. The highest BCUT2D eigenvalue weighted by Crippen LogP contribution is 2.25. The van der Waals surface area contributed by atoms with E-state index in [1.807, 2.05) is 6.92 Å². The lowest BCUT2D eigenvalue weighted by atomic mass is 10.0. The molecular weight excluding hydrogens is 246 g/mol. The van der Waals surface area contributed by atoms with E-state index in [1.165, 1.54) is 6.92 Å². The number of nitrogens with one attached hydrogen (secondary N) is 1. The summed E-state index contributed by atoms with van der Waals surface area (Å²) in [7, 11) is 0. The van der Waals surface area contributed by atoms with E-state index in [0.29, 0.717) is 17.0 Å². The van der Waals surface area contributed by atoms with Crippen molar-refractivity contribution < 1.29 is 14.7 Å².